The number of carbonyl (C=O) groups excluding carboxylic acids is 1. The largest absolute Gasteiger partial charge is 0.481 e. The molecule has 1 saturated carbocycles. The molecule has 0 spiro atoms. The van der Waals surface area contributed by atoms with Gasteiger partial charge in [0.05, 0.1) is 0 Å². The normalized spacial score (nSPS) is 24.7. The standard InChI is InChI=1S/C12H16O3/c1-2-3-4-5-10-9(8-12(14)15)6-7-11(10)13/h9-10H,4-8H2,1H3,(H,14,15). The van der Waals surface area contributed by atoms with E-state index in [2.05, 4.69) is 11.8 Å². The van der Waals surface area contributed by atoms with Crippen LogP contribution in [0.3, 0.4) is 0 Å². The van der Waals surface area contributed by atoms with Gasteiger partial charge in [0.25, 0.3) is 0 Å². The van der Waals surface area contributed by atoms with Gasteiger partial charge in [-0.25, -0.2) is 0 Å². The van der Waals surface area contributed by atoms with Crippen molar-refractivity contribution >= 4 is 11.8 Å². The molecule has 0 aromatic carbocycles. The van der Waals surface area contributed by atoms with E-state index in [4.69, 9.17) is 5.11 Å². The maximum absolute atomic E-state index is 11.5. The van der Waals surface area contributed by atoms with Crippen LogP contribution in [0.25, 0.3) is 0 Å². The smallest absolute Gasteiger partial charge is 0.303 e. The van der Waals surface area contributed by atoms with E-state index in [1.54, 1.807) is 6.92 Å². The highest BCUT2D eigenvalue weighted by Gasteiger charge is 2.34. The van der Waals surface area contributed by atoms with Crippen LogP contribution in [0.4, 0.5) is 0 Å². The maximum atomic E-state index is 11.5. The summed E-state index contributed by atoms with van der Waals surface area (Å²) in [6, 6.07) is 0. The lowest BCUT2D eigenvalue weighted by atomic mass is 9.89. The summed E-state index contributed by atoms with van der Waals surface area (Å²) in [6.07, 6.45) is 2.81. The average Bonchev–Trinajstić information content (AvgIpc) is 2.49. The molecule has 1 rings (SSSR count). The highest BCUT2D eigenvalue weighted by atomic mass is 16.4. The van der Waals surface area contributed by atoms with Crippen molar-refractivity contribution in [1.82, 2.24) is 0 Å². The van der Waals surface area contributed by atoms with Crippen LogP contribution in [-0.4, -0.2) is 16.9 Å². The predicted octanol–water partition coefficient (Wildman–Crippen LogP) is 1.86. The molecule has 0 aromatic rings. The summed E-state index contributed by atoms with van der Waals surface area (Å²) in [6.45, 7) is 1.77. The topological polar surface area (TPSA) is 54.4 Å². The van der Waals surface area contributed by atoms with Gasteiger partial charge in [0.15, 0.2) is 0 Å². The number of carbonyl (C=O) groups is 2. The first-order chi connectivity index (χ1) is 7.15. The number of aliphatic carboxylic acids is 1. The Balaban J connectivity index is 2.51. The molecule has 1 fully saturated rings. The van der Waals surface area contributed by atoms with Crippen LogP contribution < -0.4 is 0 Å². The lowest BCUT2D eigenvalue weighted by Crippen LogP contribution is -2.17. The first-order valence-corrected chi connectivity index (χ1v) is 5.29. The quantitative estimate of drug-likeness (QED) is 0.717. The van der Waals surface area contributed by atoms with E-state index >= 15 is 0 Å². The fourth-order valence-electron chi connectivity index (χ4n) is 2.20. The van der Waals surface area contributed by atoms with Crippen molar-refractivity contribution in [2.24, 2.45) is 11.8 Å². The molecule has 1 aliphatic carbocycles. The highest BCUT2D eigenvalue weighted by molar-refractivity contribution is 5.84. The minimum Gasteiger partial charge on any atom is -0.481 e. The molecule has 0 aliphatic heterocycles. The van der Waals surface area contributed by atoms with Crippen LogP contribution in [-0.2, 0) is 9.59 Å². The molecule has 2 atom stereocenters. The minimum atomic E-state index is -0.804. The summed E-state index contributed by atoms with van der Waals surface area (Å²) >= 11 is 0. The summed E-state index contributed by atoms with van der Waals surface area (Å²) in [5.41, 5.74) is 0. The Labute approximate surface area is 89.9 Å². The van der Waals surface area contributed by atoms with Gasteiger partial charge in [-0.05, 0) is 25.7 Å². The van der Waals surface area contributed by atoms with Gasteiger partial charge < -0.3 is 5.11 Å². The van der Waals surface area contributed by atoms with Gasteiger partial charge in [0.1, 0.15) is 5.78 Å². The molecule has 3 nitrogen and oxygen atoms in total. The van der Waals surface area contributed by atoms with Gasteiger partial charge in [0.2, 0.25) is 0 Å². The summed E-state index contributed by atoms with van der Waals surface area (Å²) in [4.78, 5) is 22.1. The van der Waals surface area contributed by atoms with Crippen LogP contribution in [0.15, 0.2) is 0 Å². The summed E-state index contributed by atoms with van der Waals surface area (Å²) in [5, 5.41) is 8.71. The molecular weight excluding hydrogens is 192 g/mol. The van der Waals surface area contributed by atoms with E-state index < -0.39 is 5.97 Å². The Kier molecular flexibility index (Phi) is 4.36. The Morgan fingerprint density at radius 3 is 2.93 bits per heavy atom. The predicted molar refractivity (Wildman–Crippen MR) is 56.2 cm³/mol. The Morgan fingerprint density at radius 1 is 1.60 bits per heavy atom. The highest BCUT2D eigenvalue weighted by Crippen LogP contribution is 2.34. The second-order valence-corrected chi connectivity index (χ2v) is 3.93. The third kappa shape index (κ3) is 3.39. The van der Waals surface area contributed by atoms with Crippen molar-refractivity contribution in [3.63, 3.8) is 0 Å². The van der Waals surface area contributed by atoms with E-state index in [0.29, 0.717) is 12.8 Å². The Hall–Kier alpha value is -1.30. The van der Waals surface area contributed by atoms with Gasteiger partial charge in [-0.1, -0.05) is 0 Å². The van der Waals surface area contributed by atoms with Gasteiger partial charge in [-0.2, -0.15) is 0 Å². The molecule has 0 amide bonds. The number of ketones is 1. The molecule has 0 heterocycles. The molecule has 82 valence electrons. The van der Waals surface area contributed by atoms with Crippen molar-refractivity contribution in [3.05, 3.63) is 0 Å². The van der Waals surface area contributed by atoms with Gasteiger partial charge in [-0.15, -0.1) is 11.8 Å². The SMILES string of the molecule is CC#CCCC1C(=O)CCC1CC(=O)O. The molecular formula is C12H16O3. The van der Waals surface area contributed by atoms with E-state index in [9.17, 15) is 9.59 Å². The van der Waals surface area contributed by atoms with E-state index in [0.717, 1.165) is 12.8 Å². The summed E-state index contributed by atoms with van der Waals surface area (Å²) < 4.78 is 0. The Bertz CT molecular complexity index is 309. The minimum absolute atomic E-state index is 0.0358. The van der Waals surface area contributed by atoms with Crippen molar-refractivity contribution in [3.8, 4) is 11.8 Å². The molecule has 2 unspecified atom stereocenters. The lowest BCUT2D eigenvalue weighted by Gasteiger charge is -2.14. The molecule has 1 N–H and O–H groups in total. The maximum Gasteiger partial charge on any atom is 0.303 e. The zero-order valence-corrected chi connectivity index (χ0v) is 8.95. The average molecular weight is 208 g/mol. The number of carboxylic acid groups (broad SMARTS) is 1. The monoisotopic (exact) mass is 208 g/mol. The Morgan fingerprint density at radius 2 is 2.33 bits per heavy atom. The third-order valence-electron chi connectivity index (χ3n) is 2.94. The van der Waals surface area contributed by atoms with E-state index in [-0.39, 0.29) is 24.0 Å². The lowest BCUT2D eigenvalue weighted by molar-refractivity contribution is -0.138. The van der Waals surface area contributed by atoms with Crippen LogP contribution in [0.1, 0.15) is 39.0 Å². The van der Waals surface area contributed by atoms with E-state index in [1.165, 1.54) is 0 Å². The van der Waals surface area contributed by atoms with Crippen molar-refractivity contribution in [1.29, 1.82) is 0 Å². The fraction of sp³-hybridized carbons (Fsp3) is 0.667. The molecule has 15 heavy (non-hydrogen) atoms. The molecule has 0 saturated heterocycles. The number of hydrogen-bond acceptors (Lipinski definition) is 2. The van der Waals surface area contributed by atoms with Crippen LogP contribution in [0, 0.1) is 23.7 Å². The first-order valence-electron chi connectivity index (χ1n) is 5.29. The van der Waals surface area contributed by atoms with Crippen LogP contribution >= 0.6 is 0 Å². The van der Waals surface area contributed by atoms with E-state index in [1.807, 2.05) is 0 Å². The summed E-state index contributed by atoms with van der Waals surface area (Å²) in [7, 11) is 0. The molecule has 0 aromatic heterocycles. The van der Waals surface area contributed by atoms with Crippen LogP contribution in [0.5, 0.6) is 0 Å². The van der Waals surface area contributed by atoms with Crippen molar-refractivity contribution < 1.29 is 14.7 Å². The zero-order chi connectivity index (χ0) is 11.3. The fourth-order valence-corrected chi connectivity index (χ4v) is 2.20. The summed E-state index contributed by atoms with van der Waals surface area (Å²) in [5.74, 6) is 5.09. The number of Topliss-reactive ketones (excluding diaryl/α,β-unsaturated/α-hetero) is 1. The zero-order valence-electron chi connectivity index (χ0n) is 8.95. The third-order valence-corrected chi connectivity index (χ3v) is 2.94. The van der Waals surface area contributed by atoms with Crippen molar-refractivity contribution in [2.75, 3.05) is 0 Å². The second kappa shape index (κ2) is 5.55. The number of hydrogen-bond donors (Lipinski definition) is 1. The van der Waals surface area contributed by atoms with Gasteiger partial charge >= 0.3 is 5.97 Å². The van der Waals surface area contributed by atoms with Gasteiger partial charge in [0, 0.05) is 25.2 Å². The molecule has 3 heteroatoms. The number of rotatable bonds is 4. The second-order valence-electron chi connectivity index (χ2n) is 3.93. The number of carboxylic acids is 1. The van der Waals surface area contributed by atoms with Gasteiger partial charge in [-0.3, -0.25) is 9.59 Å². The molecule has 1 aliphatic rings. The van der Waals surface area contributed by atoms with Crippen LogP contribution in [0.2, 0.25) is 0 Å². The first kappa shape index (κ1) is 11.8. The van der Waals surface area contributed by atoms with Crippen molar-refractivity contribution in [2.45, 2.75) is 39.0 Å². The molecule has 0 radical (unpaired) electrons. The molecule has 0 bridgehead atoms.